The topological polar surface area (TPSA) is 12.4 Å². The molecular weight excluding hydrogens is 273 g/mol. The lowest BCUT2D eigenvalue weighted by molar-refractivity contribution is 1.55. The highest BCUT2D eigenvalue weighted by atomic mass is 31.2. The molecule has 0 N–H and O–H groups in total. The van der Waals surface area contributed by atoms with Crippen molar-refractivity contribution < 1.29 is 0 Å². The standard InChI is InChI=1S/C19H18NP/c1-21(18-13-7-3-8-14-18,19-15-9-4-10-16-19)20-17-11-5-2-6-12-17/h2-16H,1H3. The van der Waals surface area contributed by atoms with E-state index in [1.807, 2.05) is 18.2 Å². The van der Waals surface area contributed by atoms with Gasteiger partial charge in [0.25, 0.3) is 0 Å². The third-order valence-corrected chi connectivity index (χ3v) is 6.83. The lowest BCUT2D eigenvalue weighted by Gasteiger charge is -2.21. The molecule has 0 atom stereocenters. The highest BCUT2D eigenvalue weighted by Gasteiger charge is 2.18. The summed E-state index contributed by atoms with van der Waals surface area (Å²) < 4.78 is 5.14. The van der Waals surface area contributed by atoms with E-state index in [2.05, 4.69) is 79.5 Å². The van der Waals surface area contributed by atoms with Crippen molar-refractivity contribution in [2.75, 3.05) is 6.66 Å². The van der Waals surface area contributed by atoms with Crippen LogP contribution in [0.25, 0.3) is 0 Å². The van der Waals surface area contributed by atoms with Gasteiger partial charge in [0, 0.05) is 7.05 Å². The smallest absolute Gasteiger partial charge is 0.0621 e. The maximum Gasteiger partial charge on any atom is 0.0621 e. The molecule has 3 aromatic rings. The Balaban J connectivity index is 2.24. The van der Waals surface area contributed by atoms with Crippen LogP contribution < -0.4 is 10.6 Å². The van der Waals surface area contributed by atoms with Crippen LogP contribution in [0.3, 0.4) is 0 Å². The highest BCUT2D eigenvalue weighted by molar-refractivity contribution is 7.80. The summed E-state index contributed by atoms with van der Waals surface area (Å²) in [6.45, 7) is 2.28. The van der Waals surface area contributed by atoms with Crippen molar-refractivity contribution in [1.29, 1.82) is 0 Å². The molecule has 0 bridgehead atoms. The number of nitrogens with zero attached hydrogens (tertiary/aromatic N) is 1. The molecule has 0 saturated carbocycles. The molecule has 0 amide bonds. The van der Waals surface area contributed by atoms with E-state index in [1.165, 1.54) is 10.6 Å². The Bertz CT molecular complexity index is 706. The van der Waals surface area contributed by atoms with Crippen LogP contribution in [0.5, 0.6) is 0 Å². The van der Waals surface area contributed by atoms with Gasteiger partial charge in [0.1, 0.15) is 0 Å². The number of hydrogen-bond donors (Lipinski definition) is 0. The van der Waals surface area contributed by atoms with Gasteiger partial charge in [0.15, 0.2) is 0 Å². The first-order valence-corrected chi connectivity index (χ1v) is 9.24. The van der Waals surface area contributed by atoms with Crippen LogP contribution in [0.4, 0.5) is 5.69 Å². The second-order valence-corrected chi connectivity index (χ2v) is 8.22. The molecular formula is C19H18NP. The minimum atomic E-state index is -1.77. The Morgan fingerprint density at radius 2 is 0.952 bits per heavy atom. The first-order valence-electron chi connectivity index (χ1n) is 7.05. The fourth-order valence-corrected chi connectivity index (χ4v) is 5.06. The molecule has 0 heterocycles. The number of hydrogen-bond acceptors (Lipinski definition) is 1. The molecule has 0 aromatic heterocycles. The predicted molar refractivity (Wildman–Crippen MR) is 93.5 cm³/mol. The van der Waals surface area contributed by atoms with Gasteiger partial charge in [-0.3, -0.25) is 4.74 Å². The van der Waals surface area contributed by atoms with Crippen LogP contribution in [0, 0.1) is 0 Å². The van der Waals surface area contributed by atoms with Gasteiger partial charge in [-0.2, -0.15) is 0 Å². The summed E-state index contributed by atoms with van der Waals surface area (Å²) in [7, 11) is -1.77. The van der Waals surface area contributed by atoms with Gasteiger partial charge in [-0.05, 0) is 29.4 Å². The molecule has 0 spiro atoms. The van der Waals surface area contributed by atoms with Crippen LogP contribution >= 0.6 is 7.05 Å². The van der Waals surface area contributed by atoms with Gasteiger partial charge in [-0.15, -0.1) is 0 Å². The van der Waals surface area contributed by atoms with E-state index in [-0.39, 0.29) is 0 Å². The summed E-state index contributed by atoms with van der Waals surface area (Å²) in [4.78, 5) is 0. The van der Waals surface area contributed by atoms with Crippen LogP contribution in [-0.2, 0) is 0 Å². The number of rotatable bonds is 3. The summed E-state index contributed by atoms with van der Waals surface area (Å²) in [6, 6.07) is 31.5. The third kappa shape index (κ3) is 2.99. The average molecular weight is 291 g/mol. The van der Waals surface area contributed by atoms with Crippen LogP contribution in [0.15, 0.2) is 95.7 Å². The summed E-state index contributed by atoms with van der Waals surface area (Å²) in [6.07, 6.45) is 0. The Labute approximate surface area is 126 Å². The molecule has 3 aromatic carbocycles. The quantitative estimate of drug-likeness (QED) is 0.615. The normalized spacial score (nSPS) is 11.1. The predicted octanol–water partition coefficient (Wildman–Crippen LogP) is 4.80. The molecule has 0 saturated heterocycles. The molecule has 3 rings (SSSR count). The van der Waals surface area contributed by atoms with Gasteiger partial charge in [-0.1, -0.05) is 78.9 Å². The minimum absolute atomic E-state index is 1.04. The van der Waals surface area contributed by atoms with E-state index in [0.29, 0.717) is 0 Å². The monoisotopic (exact) mass is 291 g/mol. The van der Waals surface area contributed by atoms with Crippen LogP contribution in [0.2, 0.25) is 0 Å². The van der Waals surface area contributed by atoms with E-state index in [4.69, 9.17) is 4.74 Å². The molecule has 0 aliphatic rings. The Hall–Kier alpha value is -2.11. The van der Waals surface area contributed by atoms with E-state index < -0.39 is 7.05 Å². The number of benzene rings is 3. The Kier molecular flexibility index (Phi) is 4.03. The molecule has 0 fully saturated rings. The SMILES string of the molecule is CP(=Nc1ccccc1)(c1ccccc1)c1ccccc1. The largest absolute Gasteiger partial charge is 0.259 e. The summed E-state index contributed by atoms with van der Waals surface area (Å²) in [5.41, 5.74) is 1.04. The van der Waals surface area contributed by atoms with Gasteiger partial charge in [0.05, 0.1) is 5.69 Å². The molecule has 0 radical (unpaired) electrons. The maximum atomic E-state index is 5.14. The molecule has 1 nitrogen and oxygen atoms in total. The van der Waals surface area contributed by atoms with Gasteiger partial charge < -0.3 is 0 Å². The second-order valence-electron chi connectivity index (χ2n) is 5.07. The van der Waals surface area contributed by atoms with E-state index in [9.17, 15) is 0 Å². The van der Waals surface area contributed by atoms with Crippen molar-refractivity contribution in [1.82, 2.24) is 0 Å². The first-order chi connectivity index (χ1) is 10.3. The van der Waals surface area contributed by atoms with Gasteiger partial charge in [-0.25, -0.2) is 0 Å². The van der Waals surface area contributed by atoms with E-state index >= 15 is 0 Å². The van der Waals surface area contributed by atoms with E-state index in [0.717, 1.165) is 5.69 Å². The molecule has 21 heavy (non-hydrogen) atoms. The maximum absolute atomic E-state index is 5.14. The zero-order valence-corrected chi connectivity index (χ0v) is 12.9. The zero-order valence-electron chi connectivity index (χ0n) is 12.1. The van der Waals surface area contributed by atoms with Crippen molar-refractivity contribution in [2.24, 2.45) is 4.74 Å². The molecule has 0 aliphatic heterocycles. The zero-order chi connectivity index (χ0) is 14.5. The van der Waals surface area contributed by atoms with Crippen LogP contribution in [0.1, 0.15) is 0 Å². The third-order valence-electron chi connectivity index (χ3n) is 3.59. The summed E-state index contributed by atoms with van der Waals surface area (Å²) in [5.74, 6) is 0. The van der Waals surface area contributed by atoms with Crippen molar-refractivity contribution in [3.05, 3.63) is 91.0 Å². The van der Waals surface area contributed by atoms with Crippen LogP contribution in [-0.4, -0.2) is 6.66 Å². The molecule has 0 aliphatic carbocycles. The summed E-state index contributed by atoms with van der Waals surface area (Å²) in [5, 5.41) is 2.61. The highest BCUT2D eigenvalue weighted by Crippen LogP contribution is 2.46. The van der Waals surface area contributed by atoms with E-state index in [1.54, 1.807) is 0 Å². The summed E-state index contributed by atoms with van der Waals surface area (Å²) >= 11 is 0. The van der Waals surface area contributed by atoms with Crippen molar-refractivity contribution in [3.8, 4) is 0 Å². The van der Waals surface area contributed by atoms with Crippen molar-refractivity contribution >= 4 is 23.4 Å². The fraction of sp³-hybridized carbons (Fsp3) is 0.0526. The molecule has 2 heteroatoms. The lowest BCUT2D eigenvalue weighted by atomic mass is 10.3. The Morgan fingerprint density at radius 3 is 1.38 bits per heavy atom. The van der Waals surface area contributed by atoms with Crippen molar-refractivity contribution in [3.63, 3.8) is 0 Å². The second kappa shape index (κ2) is 6.11. The van der Waals surface area contributed by atoms with Crippen molar-refractivity contribution in [2.45, 2.75) is 0 Å². The average Bonchev–Trinajstić information content (AvgIpc) is 2.57. The van der Waals surface area contributed by atoms with Gasteiger partial charge in [0.2, 0.25) is 0 Å². The first kappa shape index (κ1) is 13.9. The minimum Gasteiger partial charge on any atom is -0.259 e. The molecule has 0 unspecified atom stereocenters. The Morgan fingerprint density at radius 1 is 0.571 bits per heavy atom. The lowest BCUT2D eigenvalue weighted by Crippen LogP contribution is -2.14. The fourth-order valence-electron chi connectivity index (χ4n) is 2.43. The van der Waals surface area contributed by atoms with Gasteiger partial charge >= 0.3 is 0 Å². The molecule has 104 valence electrons.